The Morgan fingerprint density at radius 3 is 2.44 bits per heavy atom. The quantitative estimate of drug-likeness (QED) is 0.394. The number of aliphatic hydroxyl groups is 2. The van der Waals surface area contributed by atoms with Gasteiger partial charge < -0.3 is 29.5 Å². The maximum absolute atomic E-state index is 13.7. The first-order valence-electron chi connectivity index (χ1n) is 10.5. The van der Waals surface area contributed by atoms with Crippen LogP contribution in [0.2, 0.25) is 0 Å². The third-order valence-corrected chi connectivity index (χ3v) is 11.7. The van der Waals surface area contributed by atoms with E-state index in [2.05, 4.69) is 0 Å². The van der Waals surface area contributed by atoms with E-state index in [1.807, 2.05) is 0 Å². The van der Waals surface area contributed by atoms with Gasteiger partial charge in [0.2, 0.25) is 4.87 Å². The van der Waals surface area contributed by atoms with Crippen LogP contribution < -0.4 is 0 Å². The first-order chi connectivity index (χ1) is 14.7. The molecule has 0 unspecified atom stereocenters. The number of aliphatic hydroxyl groups excluding tert-OH is 1. The average Bonchev–Trinajstić information content (AvgIpc) is 3.17. The summed E-state index contributed by atoms with van der Waals surface area (Å²) in [5, 5.41) is 22.1. The van der Waals surface area contributed by atoms with Crippen molar-refractivity contribution >= 4 is 45.2 Å². The van der Waals surface area contributed by atoms with Crippen molar-refractivity contribution in [2.24, 2.45) is 5.41 Å². The molecule has 10 nitrogen and oxygen atoms in total. The molecular formula is C20H26N2O8S2. The predicted octanol–water partition coefficient (Wildman–Crippen LogP) is -0.341. The minimum Gasteiger partial charge on any atom is -0.456 e. The lowest BCUT2D eigenvalue weighted by Crippen LogP contribution is -2.77. The number of esters is 1. The van der Waals surface area contributed by atoms with Crippen molar-refractivity contribution in [3.05, 3.63) is 0 Å². The molecule has 6 fully saturated rings. The fraction of sp³-hybridized carbons (Fsp3) is 0.800. The van der Waals surface area contributed by atoms with Crippen LogP contribution in [-0.4, -0.2) is 96.4 Å². The summed E-state index contributed by atoms with van der Waals surface area (Å²) in [7, 11) is 3.67. The highest BCUT2D eigenvalue weighted by Gasteiger charge is 2.84. The van der Waals surface area contributed by atoms with Crippen molar-refractivity contribution < 1.29 is 38.9 Å². The number of Topliss-reactive ketones (excluding diaryl/α,β-unsaturated/α-hetero) is 1. The summed E-state index contributed by atoms with van der Waals surface area (Å²) in [6.45, 7) is 5.80. The maximum Gasteiger partial charge on any atom is 0.303 e. The Balaban J connectivity index is 1.67. The number of amides is 2. The van der Waals surface area contributed by atoms with E-state index < -0.39 is 69.0 Å². The van der Waals surface area contributed by atoms with E-state index in [-0.39, 0.29) is 18.6 Å². The second kappa shape index (κ2) is 6.21. The van der Waals surface area contributed by atoms with E-state index in [0.29, 0.717) is 0 Å². The van der Waals surface area contributed by atoms with Gasteiger partial charge in [0, 0.05) is 26.8 Å². The van der Waals surface area contributed by atoms with Gasteiger partial charge in [0.15, 0.2) is 22.4 Å². The van der Waals surface area contributed by atoms with E-state index in [9.17, 15) is 29.4 Å². The Labute approximate surface area is 192 Å². The molecule has 2 amide bonds. The summed E-state index contributed by atoms with van der Waals surface area (Å²) in [4.78, 5) is 52.4. The molecular weight excluding hydrogens is 460 g/mol. The van der Waals surface area contributed by atoms with Crippen molar-refractivity contribution in [3.63, 3.8) is 0 Å². The zero-order valence-corrected chi connectivity index (χ0v) is 20.0. The zero-order chi connectivity index (χ0) is 23.6. The number of fused-ring (bicyclic) bond motifs is 3. The lowest BCUT2D eigenvalue weighted by molar-refractivity contribution is -0.189. The summed E-state index contributed by atoms with van der Waals surface area (Å²) in [5.74, 6) is -1.94. The number of ether oxygens (including phenoxy) is 2. The molecule has 0 radical (unpaired) electrons. The molecule has 2 N–H and O–H groups in total. The second-order valence-electron chi connectivity index (χ2n) is 10.0. The molecule has 1 saturated carbocycles. The number of hydrogen-bond acceptors (Lipinski definition) is 10. The van der Waals surface area contributed by atoms with Crippen LogP contribution in [0.15, 0.2) is 0 Å². The van der Waals surface area contributed by atoms with Crippen LogP contribution >= 0.6 is 21.6 Å². The van der Waals surface area contributed by atoms with Gasteiger partial charge in [0.1, 0.15) is 5.60 Å². The third-order valence-electron chi connectivity index (χ3n) is 8.10. The summed E-state index contributed by atoms with van der Waals surface area (Å²) < 4.78 is 11.7. The third kappa shape index (κ3) is 2.16. The summed E-state index contributed by atoms with van der Waals surface area (Å²) in [6.07, 6.45) is -2.22. The van der Waals surface area contributed by atoms with Gasteiger partial charge in [-0.25, -0.2) is 0 Å². The molecule has 6 rings (SSSR count). The Kier molecular flexibility index (Phi) is 4.35. The van der Waals surface area contributed by atoms with E-state index in [4.69, 9.17) is 9.47 Å². The maximum atomic E-state index is 13.7. The smallest absolute Gasteiger partial charge is 0.303 e. The highest BCUT2D eigenvalue weighted by atomic mass is 33.1. The molecule has 5 heterocycles. The number of nitrogens with zero attached hydrogens (tertiary/aromatic N) is 2. The second-order valence-corrected chi connectivity index (χ2v) is 12.7. The molecule has 6 aliphatic rings. The number of hydrogen-bond donors (Lipinski definition) is 2. The molecule has 12 heteroatoms. The molecule has 2 bridgehead atoms. The fourth-order valence-electron chi connectivity index (χ4n) is 6.10. The minimum absolute atomic E-state index is 0.106. The summed E-state index contributed by atoms with van der Waals surface area (Å²) >= 11 is 0. The Hall–Kier alpha value is -1.34. The lowest BCUT2D eigenvalue weighted by atomic mass is 9.76. The Bertz CT molecular complexity index is 975. The highest BCUT2D eigenvalue weighted by molar-refractivity contribution is 8.78. The molecule has 0 aromatic carbocycles. The molecule has 7 atom stereocenters. The van der Waals surface area contributed by atoms with Gasteiger partial charge in [-0.05, 0) is 17.7 Å². The number of rotatable bonds is 2. The fourth-order valence-corrected chi connectivity index (χ4v) is 9.75. The van der Waals surface area contributed by atoms with Crippen molar-refractivity contribution in [2.75, 3.05) is 13.7 Å². The van der Waals surface area contributed by atoms with Crippen LogP contribution in [-0.2, 0) is 28.7 Å². The van der Waals surface area contributed by atoms with Crippen molar-refractivity contribution in [3.8, 4) is 0 Å². The largest absolute Gasteiger partial charge is 0.456 e. The van der Waals surface area contributed by atoms with Gasteiger partial charge >= 0.3 is 5.97 Å². The number of ketones is 1. The van der Waals surface area contributed by atoms with Gasteiger partial charge in [-0.1, -0.05) is 24.6 Å². The SMILES string of the molecule is CC(=O)O[C@H]1[C@]2(O)C[C@]34SS[C@](CO)(C(=O)N3[C@@H]2C[C@@]12O[C@H](C)C(C)(C)C2=O)N(C)C4=O. The molecule has 2 spiro atoms. The standard InChI is InChI=1S/C20H26N2O8S2/c1-9-16(3,4)12(25)18(30-9)6-11-17(28,13(18)29-10(2)24)7-19-14(26)21(5)20(8-23,32-31-19)15(27)22(11)19/h9,11,13,23,28H,6-8H2,1-5H3/t9-,11-,13+,17+,18+,19-,20-/m1/s1. The first-order valence-corrected chi connectivity index (χ1v) is 12.6. The normalized spacial score (nSPS) is 48.6. The lowest BCUT2D eigenvalue weighted by Gasteiger charge is -2.58. The Morgan fingerprint density at radius 2 is 1.91 bits per heavy atom. The summed E-state index contributed by atoms with van der Waals surface area (Å²) in [6, 6.07) is -0.999. The van der Waals surface area contributed by atoms with Gasteiger partial charge in [0.25, 0.3) is 11.8 Å². The average molecular weight is 487 g/mol. The Morgan fingerprint density at radius 1 is 1.25 bits per heavy atom. The minimum atomic E-state index is -1.88. The van der Waals surface area contributed by atoms with E-state index in [1.165, 1.54) is 23.8 Å². The van der Waals surface area contributed by atoms with Crippen LogP contribution in [0.4, 0.5) is 0 Å². The van der Waals surface area contributed by atoms with Crippen LogP contribution in [0.5, 0.6) is 0 Å². The zero-order valence-electron chi connectivity index (χ0n) is 18.4. The van der Waals surface area contributed by atoms with Crippen LogP contribution in [0.3, 0.4) is 0 Å². The highest BCUT2D eigenvalue weighted by Crippen LogP contribution is 2.69. The van der Waals surface area contributed by atoms with E-state index in [0.717, 1.165) is 21.6 Å². The number of carbonyl (C=O) groups is 4. The number of carbonyl (C=O) groups excluding carboxylic acids is 4. The summed E-state index contributed by atoms with van der Waals surface area (Å²) in [5.41, 5.74) is -4.41. The van der Waals surface area contributed by atoms with Gasteiger partial charge in [-0.2, -0.15) is 0 Å². The van der Waals surface area contributed by atoms with Crippen molar-refractivity contribution in [2.45, 2.75) is 79.7 Å². The monoisotopic (exact) mass is 486 g/mol. The topological polar surface area (TPSA) is 134 Å². The van der Waals surface area contributed by atoms with E-state index >= 15 is 0 Å². The molecule has 5 aliphatic heterocycles. The van der Waals surface area contributed by atoms with Crippen LogP contribution in [0, 0.1) is 5.41 Å². The molecule has 0 aromatic rings. The van der Waals surface area contributed by atoms with Gasteiger partial charge in [-0.3, -0.25) is 19.2 Å². The molecule has 0 aromatic heterocycles. The predicted molar refractivity (Wildman–Crippen MR) is 113 cm³/mol. The van der Waals surface area contributed by atoms with Crippen LogP contribution in [0.1, 0.15) is 40.5 Å². The molecule has 5 saturated heterocycles. The molecule has 32 heavy (non-hydrogen) atoms. The number of likely N-dealkylation sites (N-methyl/N-ethyl adjacent to an activating group) is 1. The molecule has 1 aliphatic carbocycles. The molecule has 176 valence electrons. The van der Waals surface area contributed by atoms with Crippen LogP contribution in [0.25, 0.3) is 0 Å². The van der Waals surface area contributed by atoms with Crippen molar-refractivity contribution in [1.29, 1.82) is 0 Å². The van der Waals surface area contributed by atoms with Gasteiger partial charge in [0.05, 0.1) is 24.2 Å². The number of piperazine rings is 1. The van der Waals surface area contributed by atoms with Crippen molar-refractivity contribution in [1.82, 2.24) is 9.80 Å². The first kappa shape index (κ1) is 22.5. The van der Waals surface area contributed by atoms with E-state index in [1.54, 1.807) is 20.8 Å². The van der Waals surface area contributed by atoms with Gasteiger partial charge in [-0.15, -0.1) is 0 Å².